The van der Waals surface area contributed by atoms with E-state index in [-0.39, 0.29) is 17.9 Å². The van der Waals surface area contributed by atoms with E-state index < -0.39 is 16.6 Å². The van der Waals surface area contributed by atoms with Gasteiger partial charge in [-0.1, -0.05) is 0 Å². The van der Waals surface area contributed by atoms with Crippen molar-refractivity contribution in [2.45, 2.75) is 26.4 Å². The third-order valence-electron chi connectivity index (χ3n) is 2.97. The number of nitro benzene ring substituents is 1. The molecule has 8 heteroatoms. The number of methoxy groups -OCH3 is 1. The fraction of sp³-hybridized carbons (Fsp3) is 0.562. The smallest absolute Gasteiger partial charge is 0.415 e. The van der Waals surface area contributed by atoms with Crippen LogP contribution in [0.4, 0.5) is 16.2 Å². The largest absolute Gasteiger partial charge is 0.496 e. The van der Waals surface area contributed by atoms with Crippen LogP contribution in [0.3, 0.4) is 0 Å². The number of carbonyl (C=O) groups is 1. The van der Waals surface area contributed by atoms with Crippen LogP contribution >= 0.6 is 0 Å². The third-order valence-corrected chi connectivity index (χ3v) is 2.97. The second kappa shape index (κ2) is 7.96. The molecule has 1 amide bonds. The van der Waals surface area contributed by atoms with E-state index in [9.17, 15) is 14.9 Å². The molecule has 1 aromatic carbocycles. The molecule has 0 saturated heterocycles. The van der Waals surface area contributed by atoms with Gasteiger partial charge in [-0.15, -0.1) is 0 Å². The maximum absolute atomic E-state index is 12.6. The molecule has 0 aliphatic carbocycles. The standard InChI is InChI=1S/C16H24N3O5/c1-16(2,3)24-15(20)18(10-9-17(4)5)14-11-12(23-6)7-8-13(14)19(21)22/h8,11H,9-10H2,1-6H3. The number of nitro groups is 1. The molecule has 133 valence electrons. The van der Waals surface area contributed by atoms with Crippen molar-refractivity contribution in [3.63, 3.8) is 0 Å². The number of benzene rings is 1. The van der Waals surface area contributed by atoms with Crippen molar-refractivity contribution in [3.8, 4) is 5.75 Å². The Morgan fingerprint density at radius 3 is 2.42 bits per heavy atom. The number of rotatable bonds is 6. The first-order valence-electron chi connectivity index (χ1n) is 7.44. The van der Waals surface area contributed by atoms with Gasteiger partial charge in [-0.25, -0.2) is 4.79 Å². The zero-order valence-corrected chi connectivity index (χ0v) is 15.0. The summed E-state index contributed by atoms with van der Waals surface area (Å²) >= 11 is 0. The lowest BCUT2D eigenvalue weighted by molar-refractivity contribution is -0.384. The first-order chi connectivity index (χ1) is 11.0. The van der Waals surface area contributed by atoms with E-state index in [1.54, 1.807) is 20.8 Å². The molecule has 1 rings (SSSR count). The topological polar surface area (TPSA) is 85.2 Å². The third kappa shape index (κ3) is 5.69. The molecule has 0 unspecified atom stereocenters. The van der Waals surface area contributed by atoms with Crippen LogP contribution in [-0.4, -0.2) is 55.8 Å². The molecular weight excluding hydrogens is 314 g/mol. The Morgan fingerprint density at radius 1 is 1.33 bits per heavy atom. The van der Waals surface area contributed by atoms with Crippen molar-refractivity contribution in [1.29, 1.82) is 0 Å². The highest BCUT2D eigenvalue weighted by atomic mass is 16.6. The Labute approximate surface area is 142 Å². The summed E-state index contributed by atoms with van der Waals surface area (Å²) in [6, 6.07) is 5.27. The molecule has 0 saturated carbocycles. The number of nitrogens with zero attached hydrogens (tertiary/aromatic N) is 3. The number of likely N-dealkylation sites (N-methyl/N-ethyl adjacent to an activating group) is 1. The predicted molar refractivity (Wildman–Crippen MR) is 90.6 cm³/mol. The van der Waals surface area contributed by atoms with Crippen LogP contribution in [0, 0.1) is 16.2 Å². The lowest BCUT2D eigenvalue weighted by atomic mass is 10.2. The first-order valence-corrected chi connectivity index (χ1v) is 7.44. The molecule has 1 aromatic rings. The second-order valence-corrected chi connectivity index (χ2v) is 6.46. The van der Waals surface area contributed by atoms with Crippen molar-refractivity contribution in [3.05, 3.63) is 28.3 Å². The zero-order valence-electron chi connectivity index (χ0n) is 15.0. The maximum Gasteiger partial charge on any atom is 0.415 e. The van der Waals surface area contributed by atoms with Crippen molar-refractivity contribution in [1.82, 2.24) is 4.90 Å². The molecule has 1 radical (unpaired) electrons. The molecule has 0 aromatic heterocycles. The van der Waals surface area contributed by atoms with Gasteiger partial charge in [0, 0.05) is 31.3 Å². The van der Waals surface area contributed by atoms with Gasteiger partial charge >= 0.3 is 6.09 Å². The van der Waals surface area contributed by atoms with Crippen molar-refractivity contribution in [2.24, 2.45) is 0 Å². The average Bonchev–Trinajstić information content (AvgIpc) is 2.44. The van der Waals surface area contributed by atoms with E-state index in [0.717, 1.165) is 0 Å². The van der Waals surface area contributed by atoms with Crippen LogP contribution in [0.5, 0.6) is 5.75 Å². The zero-order chi connectivity index (χ0) is 18.5. The average molecular weight is 338 g/mol. The van der Waals surface area contributed by atoms with E-state index >= 15 is 0 Å². The van der Waals surface area contributed by atoms with Gasteiger partial charge in [0.15, 0.2) is 0 Å². The first kappa shape index (κ1) is 19.7. The van der Waals surface area contributed by atoms with E-state index in [1.807, 2.05) is 19.0 Å². The molecule has 24 heavy (non-hydrogen) atoms. The summed E-state index contributed by atoms with van der Waals surface area (Å²) in [6.07, 6.45) is -0.652. The molecule has 0 heterocycles. The molecular formula is C16H24N3O5. The SMILES string of the molecule is COc1[c]cc([N+](=O)[O-])c(N(CCN(C)C)C(=O)OC(C)(C)C)c1. The molecule has 0 aliphatic rings. The summed E-state index contributed by atoms with van der Waals surface area (Å²) in [5, 5.41) is 11.3. The van der Waals surface area contributed by atoms with Crippen molar-refractivity contribution < 1.29 is 19.2 Å². The molecule has 0 N–H and O–H groups in total. The predicted octanol–water partition coefficient (Wildman–Crippen LogP) is 2.71. The highest BCUT2D eigenvalue weighted by Crippen LogP contribution is 2.32. The molecule has 0 atom stereocenters. The number of carbonyl (C=O) groups excluding carboxylic acids is 1. The molecule has 0 bridgehead atoms. The summed E-state index contributed by atoms with van der Waals surface area (Å²) in [4.78, 5) is 26.4. The van der Waals surface area contributed by atoms with Gasteiger partial charge in [0.25, 0.3) is 5.69 Å². The summed E-state index contributed by atoms with van der Waals surface area (Å²) in [5.41, 5.74) is -0.833. The van der Waals surface area contributed by atoms with Crippen LogP contribution in [0.15, 0.2) is 12.1 Å². The number of hydrogen-bond donors (Lipinski definition) is 0. The van der Waals surface area contributed by atoms with E-state index in [0.29, 0.717) is 12.3 Å². The van der Waals surface area contributed by atoms with Crippen LogP contribution in [-0.2, 0) is 4.74 Å². The van der Waals surface area contributed by atoms with Crippen molar-refractivity contribution in [2.75, 3.05) is 39.2 Å². The monoisotopic (exact) mass is 338 g/mol. The van der Waals surface area contributed by atoms with Gasteiger partial charge in [0.1, 0.15) is 17.0 Å². The van der Waals surface area contributed by atoms with Gasteiger partial charge in [-0.2, -0.15) is 0 Å². The van der Waals surface area contributed by atoms with Gasteiger partial charge in [0.05, 0.1) is 12.0 Å². The fourth-order valence-electron chi connectivity index (χ4n) is 1.86. The van der Waals surface area contributed by atoms with Crippen molar-refractivity contribution >= 4 is 17.5 Å². The van der Waals surface area contributed by atoms with E-state index in [1.165, 1.54) is 24.1 Å². The number of amides is 1. The summed E-state index contributed by atoms with van der Waals surface area (Å²) in [5.74, 6) is 0.300. The molecule has 0 spiro atoms. The van der Waals surface area contributed by atoms with Gasteiger partial charge in [0.2, 0.25) is 0 Å². The lowest BCUT2D eigenvalue weighted by Gasteiger charge is -2.28. The van der Waals surface area contributed by atoms with Gasteiger partial charge < -0.3 is 14.4 Å². The van der Waals surface area contributed by atoms with Crippen LogP contribution < -0.4 is 9.64 Å². The number of anilines is 1. The fourth-order valence-corrected chi connectivity index (χ4v) is 1.86. The Bertz CT molecular complexity index is 596. The normalized spacial score (nSPS) is 11.3. The Balaban J connectivity index is 3.31. The Morgan fingerprint density at radius 2 is 1.96 bits per heavy atom. The maximum atomic E-state index is 12.6. The number of ether oxygens (including phenoxy) is 2. The minimum Gasteiger partial charge on any atom is -0.496 e. The van der Waals surface area contributed by atoms with E-state index in [2.05, 4.69) is 6.07 Å². The number of hydrogen-bond acceptors (Lipinski definition) is 6. The minimum atomic E-state index is -0.715. The molecule has 0 aliphatic heterocycles. The van der Waals surface area contributed by atoms with Crippen LogP contribution in [0.2, 0.25) is 0 Å². The van der Waals surface area contributed by atoms with Gasteiger partial charge in [-0.3, -0.25) is 15.0 Å². The second-order valence-electron chi connectivity index (χ2n) is 6.46. The van der Waals surface area contributed by atoms with Crippen LogP contribution in [0.1, 0.15) is 20.8 Å². The quantitative estimate of drug-likeness (QED) is 0.585. The Kier molecular flexibility index (Phi) is 6.53. The van der Waals surface area contributed by atoms with E-state index in [4.69, 9.17) is 9.47 Å². The summed E-state index contributed by atoms with van der Waals surface area (Å²) in [6.45, 7) is 5.96. The molecule has 0 fully saturated rings. The lowest BCUT2D eigenvalue weighted by Crippen LogP contribution is -2.40. The molecule has 8 nitrogen and oxygen atoms in total. The highest BCUT2D eigenvalue weighted by Gasteiger charge is 2.29. The Hall–Kier alpha value is -2.35. The summed E-state index contributed by atoms with van der Waals surface area (Å²) < 4.78 is 10.5. The highest BCUT2D eigenvalue weighted by molar-refractivity contribution is 5.91. The minimum absolute atomic E-state index is 0.117. The van der Waals surface area contributed by atoms with Gasteiger partial charge in [-0.05, 0) is 34.9 Å². The summed E-state index contributed by atoms with van der Waals surface area (Å²) in [7, 11) is 5.13. The van der Waals surface area contributed by atoms with Crippen LogP contribution in [0.25, 0.3) is 0 Å².